The number of amides is 4. The lowest BCUT2D eigenvalue weighted by molar-refractivity contribution is -0.128. The van der Waals surface area contributed by atoms with Gasteiger partial charge in [0, 0.05) is 12.1 Å². The third-order valence-corrected chi connectivity index (χ3v) is 4.32. The number of carbonyl (C=O) groups is 3. The van der Waals surface area contributed by atoms with Crippen LogP contribution >= 0.6 is 0 Å². The van der Waals surface area contributed by atoms with Crippen LogP contribution in [0.2, 0.25) is 0 Å². The van der Waals surface area contributed by atoms with Crippen molar-refractivity contribution in [3.05, 3.63) is 53.5 Å². The monoisotopic (exact) mass is 355 g/mol. The van der Waals surface area contributed by atoms with Crippen LogP contribution in [0.25, 0.3) is 0 Å². The molecular formula is C19H21N3O4. The fraction of sp³-hybridized carbons (Fsp3) is 0.316. The van der Waals surface area contributed by atoms with Crippen molar-refractivity contribution < 1.29 is 18.8 Å². The SMILES string of the molecule is Cc1ccc(NC(=O)CC[C@@H]2NC(=O)N(Cc3ccco3)C2=O)c(C)c1. The van der Waals surface area contributed by atoms with Gasteiger partial charge in [-0.15, -0.1) is 0 Å². The molecule has 0 spiro atoms. The van der Waals surface area contributed by atoms with Crippen LogP contribution in [0.5, 0.6) is 0 Å². The molecule has 1 saturated heterocycles. The lowest BCUT2D eigenvalue weighted by Gasteiger charge is -2.12. The number of hydrogen-bond donors (Lipinski definition) is 2. The molecular weight excluding hydrogens is 334 g/mol. The van der Waals surface area contributed by atoms with Gasteiger partial charge in [-0.1, -0.05) is 17.7 Å². The number of furan rings is 1. The molecule has 3 rings (SSSR count). The van der Waals surface area contributed by atoms with Crippen molar-refractivity contribution in [1.82, 2.24) is 10.2 Å². The van der Waals surface area contributed by atoms with E-state index in [-0.39, 0.29) is 31.2 Å². The molecule has 26 heavy (non-hydrogen) atoms. The summed E-state index contributed by atoms with van der Waals surface area (Å²) in [6.07, 6.45) is 1.87. The summed E-state index contributed by atoms with van der Waals surface area (Å²) in [5, 5.41) is 5.46. The number of rotatable bonds is 6. The highest BCUT2D eigenvalue weighted by molar-refractivity contribution is 6.04. The third kappa shape index (κ3) is 3.93. The Morgan fingerprint density at radius 2 is 2.08 bits per heavy atom. The molecule has 0 saturated carbocycles. The number of anilines is 1. The molecule has 1 aliphatic heterocycles. The maximum absolute atomic E-state index is 12.4. The Kier molecular flexibility index (Phi) is 5.06. The zero-order valence-corrected chi connectivity index (χ0v) is 14.7. The van der Waals surface area contributed by atoms with E-state index in [4.69, 9.17) is 4.42 Å². The Morgan fingerprint density at radius 3 is 2.77 bits per heavy atom. The first-order valence-corrected chi connectivity index (χ1v) is 8.45. The van der Waals surface area contributed by atoms with Gasteiger partial charge >= 0.3 is 6.03 Å². The first kappa shape index (κ1) is 17.7. The molecule has 0 bridgehead atoms. The van der Waals surface area contributed by atoms with Gasteiger partial charge in [0.1, 0.15) is 11.8 Å². The number of benzene rings is 1. The Hall–Kier alpha value is -3.09. The summed E-state index contributed by atoms with van der Waals surface area (Å²) < 4.78 is 5.17. The minimum absolute atomic E-state index is 0.0862. The van der Waals surface area contributed by atoms with Crippen LogP contribution in [0.3, 0.4) is 0 Å². The predicted molar refractivity (Wildman–Crippen MR) is 95.4 cm³/mol. The van der Waals surface area contributed by atoms with Crippen LogP contribution in [0.15, 0.2) is 41.0 Å². The summed E-state index contributed by atoms with van der Waals surface area (Å²) in [5.74, 6) is -0.00376. The van der Waals surface area contributed by atoms with Crippen LogP contribution in [-0.2, 0) is 16.1 Å². The molecule has 0 radical (unpaired) electrons. The zero-order valence-electron chi connectivity index (χ0n) is 14.7. The molecule has 7 heteroatoms. The van der Waals surface area contributed by atoms with Gasteiger partial charge in [0.05, 0.1) is 12.8 Å². The van der Waals surface area contributed by atoms with E-state index in [0.717, 1.165) is 21.7 Å². The van der Waals surface area contributed by atoms with Crippen molar-refractivity contribution in [2.75, 3.05) is 5.32 Å². The van der Waals surface area contributed by atoms with E-state index in [2.05, 4.69) is 10.6 Å². The van der Waals surface area contributed by atoms with Gasteiger partial charge in [0.15, 0.2) is 0 Å². The van der Waals surface area contributed by atoms with Gasteiger partial charge in [0.25, 0.3) is 5.91 Å². The highest BCUT2D eigenvalue weighted by Crippen LogP contribution is 2.18. The Labute approximate surface area is 151 Å². The van der Waals surface area contributed by atoms with Gasteiger partial charge in [-0.2, -0.15) is 0 Å². The van der Waals surface area contributed by atoms with Gasteiger partial charge in [-0.05, 0) is 44.0 Å². The average molecular weight is 355 g/mol. The van der Waals surface area contributed by atoms with Crippen molar-refractivity contribution in [3.63, 3.8) is 0 Å². The summed E-state index contributed by atoms with van der Waals surface area (Å²) in [7, 11) is 0. The van der Waals surface area contributed by atoms with Crippen molar-refractivity contribution in [1.29, 1.82) is 0 Å². The molecule has 136 valence electrons. The summed E-state index contributed by atoms with van der Waals surface area (Å²) >= 11 is 0. The van der Waals surface area contributed by atoms with Gasteiger partial charge in [-0.3, -0.25) is 14.5 Å². The number of nitrogens with zero attached hydrogens (tertiary/aromatic N) is 1. The first-order chi connectivity index (χ1) is 12.4. The van der Waals surface area contributed by atoms with Gasteiger partial charge < -0.3 is 15.1 Å². The summed E-state index contributed by atoms with van der Waals surface area (Å²) in [6, 6.07) is 8.01. The van der Waals surface area contributed by atoms with Crippen molar-refractivity contribution >= 4 is 23.5 Å². The molecule has 1 aliphatic rings. The van der Waals surface area contributed by atoms with E-state index >= 15 is 0 Å². The molecule has 2 aromatic rings. The lowest BCUT2D eigenvalue weighted by Crippen LogP contribution is -2.31. The number of hydrogen-bond acceptors (Lipinski definition) is 4. The van der Waals surface area contributed by atoms with Gasteiger partial charge in [0.2, 0.25) is 5.91 Å². The molecule has 1 aromatic carbocycles. The fourth-order valence-electron chi connectivity index (χ4n) is 2.92. The Balaban J connectivity index is 1.53. The standard InChI is InChI=1S/C19H21N3O4/c1-12-5-6-15(13(2)10-12)20-17(23)8-7-16-18(24)22(19(25)21-16)11-14-4-3-9-26-14/h3-6,9-10,16H,7-8,11H2,1-2H3,(H,20,23)(H,21,25)/t16-/m0/s1. The summed E-state index contributed by atoms with van der Waals surface area (Å²) in [6.45, 7) is 4.00. The zero-order chi connectivity index (χ0) is 18.7. The van der Waals surface area contributed by atoms with Gasteiger partial charge in [-0.25, -0.2) is 4.79 Å². The number of carbonyl (C=O) groups excluding carboxylic acids is 3. The van der Waals surface area contributed by atoms with Crippen LogP contribution < -0.4 is 10.6 Å². The summed E-state index contributed by atoms with van der Waals surface area (Å²) in [5.41, 5.74) is 2.85. The Bertz CT molecular complexity index is 829. The number of urea groups is 1. The molecule has 7 nitrogen and oxygen atoms in total. The maximum Gasteiger partial charge on any atom is 0.325 e. The lowest BCUT2D eigenvalue weighted by atomic mass is 10.1. The smallest absolute Gasteiger partial charge is 0.325 e. The van der Waals surface area contributed by atoms with E-state index in [0.29, 0.717) is 5.76 Å². The van der Waals surface area contributed by atoms with E-state index < -0.39 is 12.1 Å². The van der Waals surface area contributed by atoms with Crippen LogP contribution in [0, 0.1) is 13.8 Å². The number of imide groups is 1. The van der Waals surface area contributed by atoms with Crippen LogP contribution in [0.1, 0.15) is 29.7 Å². The highest BCUT2D eigenvalue weighted by atomic mass is 16.3. The molecule has 0 unspecified atom stereocenters. The number of aryl methyl sites for hydroxylation is 2. The predicted octanol–water partition coefficient (Wildman–Crippen LogP) is 2.74. The second kappa shape index (κ2) is 7.43. The minimum atomic E-state index is -0.692. The Morgan fingerprint density at radius 1 is 1.27 bits per heavy atom. The topological polar surface area (TPSA) is 91.7 Å². The summed E-state index contributed by atoms with van der Waals surface area (Å²) in [4.78, 5) is 37.6. The second-order valence-electron chi connectivity index (χ2n) is 6.41. The molecule has 2 N–H and O–H groups in total. The van der Waals surface area contributed by atoms with Crippen LogP contribution in [0.4, 0.5) is 10.5 Å². The average Bonchev–Trinajstić information content (AvgIpc) is 3.19. The number of nitrogens with one attached hydrogen (secondary N) is 2. The van der Waals surface area contributed by atoms with E-state index in [1.54, 1.807) is 12.1 Å². The quantitative estimate of drug-likeness (QED) is 0.780. The van der Waals surface area contributed by atoms with Crippen molar-refractivity contribution in [2.45, 2.75) is 39.3 Å². The van der Waals surface area contributed by atoms with E-state index in [1.165, 1.54) is 6.26 Å². The highest BCUT2D eigenvalue weighted by Gasteiger charge is 2.38. The fourth-order valence-corrected chi connectivity index (χ4v) is 2.92. The second-order valence-corrected chi connectivity index (χ2v) is 6.41. The van der Waals surface area contributed by atoms with Crippen LogP contribution in [-0.4, -0.2) is 28.8 Å². The van der Waals surface area contributed by atoms with E-state index in [9.17, 15) is 14.4 Å². The van der Waals surface area contributed by atoms with Crippen molar-refractivity contribution in [2.24, 2.45) is 0 Å². The molecule has 1 fully saturated rings. The normalized spacial score (nSPS) is 16.7. The third-order valence-electron chi connectivity index (χ3n) is 4.32. The molecule has 1 aromatic heterocycles. The molecule has 1 atom stereocenters. The molecule has 4 amide bonds. The largest absolute Gasteiger partial charge is 0.467 e. The van der Waals surface area contributed by atoms with Crippen molar-refractivity contribution in [3.8, 4) is 0 Å². The molecule has 2 heterocycles. The van der Waals surface area contributed by atoms with E-state index in [1.807, 2.05) is 32.0 Å². The minimum Gasteiger partial charge on any atom is -0.467 e. The molecule has 0 aliphatic carbocycles. The first-order valence-electron chi connectivity index (χ1n) is 8.45. The maximum atomic E-state index is 12.4.